The zero-order valence-electron chi connectivity index (χ0n) is 28.7. The van der Waals surface area contributed by atoms with Crippen LogP contribution in [0, 0.1) is 0 Å². The maximum Gasteiger partial charge on any atom is 0.316 e. The molecule has 2 aromatic rings. The smallest absolute Gasteiger partial charge is 0.316 e. The summed E-state index contributed by atoms with van der Waals surface area (Å²) in [6, 6.07) is 9.92. The summed E-state index contributed by atoms with van der Waals surface area (Å²) in [5.41, 5.74) is 0.707. The second kappa shape index (κ2) is 17.5. The van der Waals surface area contributed by atoms with Crippen molar-refractivity contribution in [2.24, 2.45) is 0 Å². The van der Waals surface area contributed by atoms with Crippen molar-refractivity contribution in [1.29, 1.82) is 0 Å². The van der Waals surface area contributed by atoms with Gasteiger partial charge in [0.2, 0.25) is 11.5 Å². The molecule has 9 heteroatoms. The zero-order valence-corrected chi connectivity index (χ0v) is 31.3. The van der Waals surface area contributed by atoms with Crippen LogP contribution in [0.4, 0.5) is 0 Å². The highest BCUT2D eigenvalue weighted by atomic mass is 79.9. The topological polar surface area (TPSA) is 72.5 Å². The maximum absolute atomic E-state index is 14.0. The van der Waals surface area contributed by atoms with Gasteiger partial charge in [-0.1, -0.05) is 83.2 Å². The number of ether oxygens (including phenoxy) is 5. The summed E-state index contributed by atoms with van der Waals surface area (Å²) in [5.74, 6) is 1.54. The predicted octanol–water partition coefficient (Wildman–Crippen LogP) is 9.28. The van der Waals surface area contributed by atoms with E-state index in [9.17, 15) is 4.79 Å². The first-order valence-corrected chi connectivity index (χ1v) is 19.5. The van der Waals surface area contributed by atoms with Crippen molar-refractivity contribution >= 4 is 30.2 Å². The summed E-state index contributed by atoms with van der Waals surface area (Å²) < 4.78 is 35.8. The van der Waals surface area contributed by atoms with Crippen LogP contribution >= 0.6 is 15.9 Å². The van der Waals surface area contributed by atoms with Gasteiger partial charge in [0.15, 0.2) is 19.8 Å². The molecule has 2 aromatic carbocycles. The van der Waals surface area contributed by atoms with Crippen LogP contribution in [0.3, 0.4) is 0 Å². The Balaban J connectivity index is 2.32. The number of hydrogen-bond acceptors (Lipinski definition) is 7. The lowest BCUT2D eigenvalue weighted by Gasteiger charge is -2.36. The third-order valence-corrected chi connectivity index (χ3v) is 14.3. The lowest BCUT2D eigenvalue weighted by atomic mass is 9.71. The number of methoxy groups -OCH3 is 4. The lowest BCUT2D eigenvalue weighted by molar-refractivity contribution is -0.150. The molecule has 0 N–H and O–H groups in total. The van der Waals surface area contributed by atoms with Gasteiger partial charge in [-0.25, -0.2) is 0 Å². The molecule has 1 atom stereocenters. The molecule has 0 amide bonds. The van der Waals surface area contributed by atoms with Crippen molar-refractivity contribution in [3.63, 3.8) is 0 Å². The van der Waals surface area contributed by atoms with Crippen molar-refractivity contribution in [3.8, 4) is 23.0 Å². The van der Waals surface area contributed by atoms with Gasteiger partial charge in [-0.15, -0.1) is 0 Å². The first-order valence-electron chi connectivity index (χ1n) is 15.8. The normalized spacial score (nSPS) is 13.2. The molecule has 0 saturated heterocycles. The fraction of sp³-hybridized carbons (Fsp3) is 0.629. The summed E-state index contributed by atoms with van der Waals surface area (Å²) in [6.45, 7) is 14.4. The van der Waals surface area contributed by atoms with Crippen molar-refractivity contribution in [2.75, 3.05) is 41.7 Å². The standard InChI is InChI=1S/C35H55BrO7Si/c1-11-42-33(37)35(26-21-17-16-18-22-26,23-19-14-12-13-15-20-24-43-44(9,10)34(2,3)4)25-27-28(36)30(39-6)32(41-8)31(40-7)29(27)38-5/h16-18,21-22H,11-15,19-20,23-25H2,1-10H3. The van der Waals surface area contributed by atoms with E-state index in [1.165, 1.54) is 0 Å². The molecule has 0 spiro atoms. The van der Waals surface area contributed by atoms with E-state index in [1.54, 1.807) is 28.4 Å². The third-order valence-electron chi connectivity index (χ3n) is 8.91. The molecule has 1 unspecified atom stereocenters. The third kappa shape index (κ3) is 9.16. The molecule has 2 rings (SSSR count). The molecule has 248 valence electrons. The molecule has 0 aliphatic heterocycles. The SMILES string of the molecule is CCOC(=O)C(CCCCCCCCO[Si](C)(C)C(C)(C)C)(Cc1c(Br)c(OC)c(OC)c(OC)c1OC)c1ccccc1. The average Bonchev–Trinajstić information content (AvgIpc) is 2.99. The van der Waals surface area contributed by atoms with Crippen LogP contribution in [0.1, 0.15) is 83.8 Å². The molecule has 0 saturated carbocycles. The lowest BCUT2D eigenvalue weighted by Crippen LogP contribution is -2.40. The van der Waals surface area contributed by atoms with Crippen LogP contribution in [-0.2, 0) is 25.8 Å². The highest BCUT2D eigenvalue weighted by molar-refractivity contribution is 9.10. The Bertz CT molecular complexity index is 1180. The molecule has 0 aliphatic carbocycles. The Morgan fingerprint density at radius 2 is 1.30 bits per heavy atom. The Morgan fingerprint density at radius 1 is 0.773 bits per heavy atom. The molecular weight excluding hydrogens is 640 g/mol. The fourth-order valence-electron chi connectivity index (χ4n) is 5.34. The monoisotopic (exact) mass is 694 g/mol. The van der Waals surface area contributed by atoms with Crippen molar-refractivity contribution in [3.05, 3.63) is 45.9 Å². The minimum Gasteiger partial charge on any atom is -0.492 e. The Labute approximate surface area is 275 Å². The first-order chi connectivity index (χ1) is 20.8. The van der Waals surface area contributed by atoms with Gasteiger partial charge in [-0.05, 0) is 65.8 Å². The molecule has 0 aromatic heterocycles. The van der Waals surface area contributed by atoms with Crippen LogP contribution in [-0.4, -0.2) is 55.9 Å². The predicted molar refractivity (Wildman–Crippen MR) is 184 cm³/mol. The van der Waals surface area contributed by atoms with E-state index in [-0.39, 0.29) is 17.6 Å². The molecule has 44 heavy (non-hydrogen) atoms. The molecule has 0 heterocycles. The number of rotatable bonds is 19. The van der Waals surface area contributed by atoms with Gasteiger partial charge in [0, 0.05) is 12.2 Å². The minimum atomic E-state index is -1.70. The summed E-state index contributed by atoms with van der Waals surface area (Å²) in [5, 5.41) is 0.235. The van der Waals surface area contributed by atoms with Crippen LogP contribution in [0.2, 0.25) is 18.1 Å². The van der Waals surface area contributed by atoms with Crippen molar-refractivity contribution in [2.45, 2.75) is 103 Å². The molecule has 7 nitrogen and oxygen atoms in total. The highest BCUT2D eigenvalue weighted by Crippen LogP contribution is 2.54. The van der Waals surface area contributed by atoms with E-state index < -0.39 is 13.7 Å². The second-order valence-electron chi connectivity index (χ2n) is 12.8. The van der Waals surface area contributed by atoms with Crippen LogP contribution < -0.4 is 18.9 Å². The number of halogens is 1. The summed E-state index contributed by atoms with van der Waals surface area (Å²) in [4.78, 5) is 14.0. The minimum absolute atomic E-state index is 0.235. The van der Waals surface area contributed by atoms with E-state index in [1.807, 2.05) is 37.3 Å². The number of hydrogen-bond donors (Lipinski definition) is 0. The molecular formula is C35H55BrO7Si. The summed E-state index contributed by atoms with van der Waals surface area (Å²) in [7, 11) is 4.59. The number of carbonyl (C=O) groups is 1. The number of unbranched alkanes of at least 4 members (excludes halogenated alkanes) is 5. The Hall–Kier alpha value is -2.23. The fourth-order valence-corrected chi connectivity index (χ4v) is 7.09. The van der Waals surface area contributed by atoms with Gasteiger partial charge in [-0.2, -0.15) is 0 Å². The molecule has 0 radical (unpaired) electrons. The maximum atomic E-state index is 14.0. The van der Waals surface area contributed by atoms with Gasteiger partial charge in [0.25, 0.3) is 0 Å². The highest BCUT2D eigenvalue weighted by Gasteiger charge is 2.44. The number of esters is 1. The van der Waals surface area contributed by atoms with Gasteiger partial charge < -0.3 is 28.1 Å². The van der Waals surface area contributed by atoms with Crippen molar-refractivity contribution in [1.82, 2.24) is 0 Å². The van der Waals surface area contributed by atoms with Gasteiger partial charge in [0.1, 0.15) is 0 Å². The molecule has 0 aliphatic rings. The van der Waals surface area contributed by atoms with Crippen LogP contribution in [0.5, 0.6) is 23.0 Å². The van der Waals surface area contributed by atoms with Crippen LogP contribution in [0.15, 0.2) is 34.8 Å². The van der Waals surface area contributed by atoms with Crippen molar-refractivity contribution < 1.29 is 32.9 Å². The van der Waals surface area contributed by atoms with E-state index in [0.717, 1.165) is 56.3 Å². The zero-order chi connectivity index (χ0) is 33.0. The quantitative estimate of drug-likeness (QED) is 0.0824. The summed E-state index contributed by atoms with van der Waals surface area (Å²) >= 11 is 3.75. The van der Waals surface area contributed by atoms with E-state index in [4.69, 9.17) is 28.1 Å². The number of benzene rings is 2. The molecule has 0 fully saturated rings. The second-order valence-corrected chi connectivity index (χ2v) is 18.4. The number of carbonyl (C=O) groups excluding carboxylic acids is 1. The van der Waals surface area contributed by atoms with Gasteiger partial charge >= 0.3 is 5.97 Å². The van der Waals surface area contributed by atoms with E-state index >= 15 is 0 Å². The van der Waals surface area contributed by atoms with Gasteiger partial charge in [-0.3, -0.25) is 4.79 Å². The van der Waals surface area contributed by atoms with E-state index in [2.05, 4.69) is 49.8 Å². The Morgan fingerprint density at radius 3 is 1.82 bits per heavy atom. The summed E-state index contributed by atoms with van der Waals surface area (Å²) in [6.07, 6.45) is 7.31. The largest absolute Gasteiger partial charge is 0.492 e. The molecule has 0 bridgehead atoms. The van der Waals surface area contributed by atoms with E-state index in [0.29, 0.717) is 40.3 Å². The first kappa shape index (κ1) is 38.0. The Kier molecular flexibility index (Phi) is 15.1. The van der Waals surface area contributed by atoms with Gasteiger partial charge in [0.05, 0.1) is 44.9 Å². The van der Waals surface area contributed by atoms with Crippen LogP contribution in [0.25, 0.3) is 0 Å². The average molecular weight is 696 g/mol.